The van der Waals surface area contributed by atoms with Crippen LogP contribution in [0.25, 0.3) is 0 Å². The fraction of sp³-hybridized carbons (Fsp3) is 0.800. The summed E-state index contributed by atoms with van der Waals surface area (Å²) in [5.41, 5.74) is 0. The van der Waals surface area contributed by atoms with Crippen LogP contribution in [0.4, 0.5) is 0 Å². The summed E-state index contributed by atoms with van der Waals surface area (Å²) in [6.45, 7) is 0. The minimum Gasteiger partial charge on any atom is -0.462 e. The molecule has 0 heterocycles. The van der Waals surface area contributed by atoms with E-state index in [0.717, 1.165) is 12.3 Å². The zero-order valence-corrected chi connectivity index (χ0v) is 7.55. The normalized spacial score (nSPS) is 18.1. The molecule has 1 aliphatic rings. The van der Waals surface area contributed by atoms with Crippen molar-refractivity contribution < 1.29 is 9.53 Å². The molecule has 69 valence electrons. The van der Waals surface area contributed by atoms with Gasteiger partial charge < -0.3 is 4.74 Å². The standard InChI is InChI=1S/C10H17O2/c1-12-10(11)8-4-7-9-5-2-3-6-9/h9H,1-8H2. The van der Waals surface area contributed by atoms with Crippen LogP contribution in [0.1, 0.15) is 44.9 Å². The van der Waals surface area contributed by atoms with Crippen LogP contribution in [0.15, 0.2) is 0 Å². The molecule has 0 aromatic rings. The van der Waals surface area contributed by atoms with E-state index in [0.29, 0.717) is 6.42 Å². The van der Waals surface area contributed by atoms with E-state index in [1.165, 1.54) is 32.1 Å². The summed E-state index contributed by atoms with van der Waals surface area (Å²) >= 11 is 0. The predicted molar refractivity (Wildman–Crippen MR) is 47.3 cm³/mol. The lowest BCUT2D eigenvalue weighted by atomic mass is 10.0. The van der Waals surface area contributed by atoms with E-state index in [9.17, 15) is 4.79 Å². The Kier molecular flexibility index (Phi) is 4.12. The van der Waals surface area contributed by atoms with Crippen molar-refractivity contribution >= 4 is 5.97 Å². The number of carbonyl (C=O) groups is 1. The lowest BCUT2D eigenvalue weighted by molar-refractivity contribution is -0.138. The van der Waals surface area contributed by atoms with Gasteiger partial charge in [0.1, 0.15) is 7.11 Å². The Morgan fingerprint density at radius 2 is 2.08 bits per heavy atom. The van der Waals surface area contributed by atoms with Gasteiger partial charge in [0.25, 0.3) is 0 Å². The summed E-state index contributed by atoms with van der Waals surface area (Å²) in [6.07, 6.45) is 8.18. The Bertz CT molecular complexity index is 137. The van der Waals surface area contributed by atoms with Crippen molar-refractivity contribution in [3.63, 3.8) is 0 Å². The molecule has 0 N–H and O–H groups in total. The first-order valence-corrected chi connectivity index (χ1v) is 4.78. The van der Waals surface area contributed by atoms with Crippen LogP contribution in [0.5, 0.6) is 0 Å². The lowest BCUT2D eigenvalue weighted by Gasteiger charge is -2.06. The number of carbonyl (C=O) groups excluding carboxylic acids is 1. The van der Waals surface area contributed by atoms with Crippen LogP contribution < -0.4 is 0 Å². The maximum Gasteiger partial charge on any atom is 0.305 e. The van der Waals surface area contributed by atoms with Gasteiger partial charge in [0.15, 0.2) is 0 Å². The molecule has 0 aromatic heterocycles. The van der Waals surface area contributed by atoms with Gasteiger partial charge in [0.05, 0.1) is 0 Å². The maximum atomic E-state index is 10.7. The molecule has 0 bridgehead atoms. The highest BCUT2D eigenvalue weighted by molar-refractivity contribution is 5.69. The first-order chi connectivity index (χ1) is 5.83. The van der Waals surface area contributed by atoms with E-state index in [1.54, 1.807) is 0 Å². The zero-order chi connectivity index (χ0) is 8.81. The van der Waals surface area contributed by atoms with Gasteiger partial charge in [-0.2, -0.15) is 0 Å². The lowest BCUT2D eigenvalue weighted by Crippen LogP contribution is -2.00. The molecular weight excluding hydrogens is 152 g/mol. The third kappa shape index (κ3) is 3.24. The average Bonchev–Trinajstić information content (AvgIpc) is 2.57. The number of hydrogen-bond donors (Lipinski definition) is 0. The second kappa shape index (κ2) is 5.18. The highest BCUT2D eigenvalue weighted by Gasteiger charge is 2.14. The molecule has 0 aliphatic heterocycles. The molecule has 0 atom stereocenters. The van der Waals surface area contributed by atoms with Crippen LogP contribution in [0.2, 0.25) is 0 Å². The van der Waals surface area contributed by atoms with Gasteiger partial charge >= 0.3 is 5.97 Å². The van der Waals surface area contributed by atoms with Crippen LogP contribution in [-0.2, 0) is 9.53 Å². The number of hydrogen-bond acceptors (Lipinski definition) is 2. The fourth-order valence-corrected chi connectivity index (χ4v) is 1.91. The van der Waals surface area contributed by atoms with Crippen LogP contribution in [0.3, 0.4) is 0 Å². The van der Waals surface area contributed by atoms with Gasteiger partial charge in [-0.05, 0) is 18.8 Å². The van der Waals surface area contributed by atoms with E-state index in [2.05, 4.69) is 11.8 Å². The van der Waals surface area contributed by atoms with Crippen molar-refractivity contribution in [1.29, 1.82) is 0 Å². The second-order valence-corrected chi connectivity index (χ2v) is 3.56. The van der Waals surface area contributed by atoms with Crippen molar-refractivity contribution in [2.75, 3.05) is 0 Å². The molecule has 0 aromatic carbocycles. The quantitative estimate of drug-likeness (QED) is 0.605. The zero-order valence-electron chi connectivity index (χ0n) is 7.55. The Labute approximate surface area is 74.3 Å². The molecule has 0 unspecified atom stereocenters. The minimum absolute atomic E-state index is 0.173. The largest absolute Gasteiger partial charge is 0.462 e. The van der Waals surface area contributed by atoms with Crippen molar-refractivity contribution in [1.82, 2.24) is 0 Å². The smallest absolute Gasteiger partial charge is 0.305 e. The topological polar surface area (TPSA) is 26.3 Å². The number of esters is 1. The molecule has 1 radical (unpaired) electrons. The minimum atomic E-state index is -0.173. The SMILES string of the molecule is [CH2]OC(=O)CCCC1CCCC1. The van der Waals surface area contributed by atoms with Gasteiger partial charge in [-0.15, -0.1) is 0 Å². The summed E-state index contributed by atoms with van der Waals surface area (Å²) in [5.74, 6) is 0.704. The van der Waals surface area contributed by atoms with Crippen LogP contribution >= 0.6 is 0 Å². The molecule has 1 aliphatic carbocycles. The molecule has 2 heteroatoms. The molecular formula is C10H17O2. The summed E-state index contributed by atoms with van der Waals surface area (Å²) in [6, 6.07) is 0. The third-order valence-electron chi connectivity index (χ3n) is 2.63. The molecule has 1 rings (SSSR count). The highest BCUT2D eigenvalue weighted by atomic mass is 16.5. The molecule has 0 saturated heterocycles. The van der Waals surface area contributed by atoms with Crippen LogP contribution in [0, 0.1) is 13.0 Å². The predicted octanol–water partition coefficient (Wildman–Crippen LogP) is 2.68. The monoisotopic (exact) mass is 169 g/mol. The Balaban J connectivity index is 1.97. The maximum absolute atomic E-state index is 10.7. The fourth-order valence-electron chi connectivity index (χ4n) is 1.91. The molecule has 2 nitrogen and oxygen atoms in total. The molecule has 0 amide bonds. The number of ether oxygens (including phenoxy) is 1. The van der Waals surface area contributed by atoms with E-state index in [1.807, 2.05) is 0 Å². The Hall–Kier alpha value is -0.530. The van der Waals surface area contributed by atoms with Gasteiger partial charge in [-0.1, -0.05) is 25.7 Å². The van der Waals surface area contributed by atoms with Gasteiger partial charge in [0, 0.05) is 6.42 Å². The summed E-state index contributed by atoms with van der Waals surface area (Å²) in [7, 11) is 3.09. The molecule has 1 saturated carbocycles. The van der Waals surface area contributed by atoms with Gasteiger partial charge in [-0.25, -0.2) is 0 Å². The first-order valence-electron chi connectivity index (χ1n) is 4.78. The van der Waals surface area contributed by atoms with E-state index >= 15 is 0 Å². The Morgan fingerprint density at radius 1 is 1.42 bits per heavy atom. The van der Waals surface area contributed by atoms with Gasteiger partial charge in [0.2, 0.25) is 0 Å². The molecule has 1 fully saturated rings. The van der Waals surface area contributed by atoms with Crippen molar-refractivity contribution in [3.8, 4) is 0 Å². The summed E-state index contributed by atoms with van der Waals surface area (Å²) < 4.78 is 4.33. The van der Waals surface area contributed by atoms with Crippen LogP contribution in [-0.4, -0.2) is 5.97 Å². The summed E-state index contributed by atoms with van der Waals surface area (Å²) in [5, 5.41) is 0. The summed E-state index contributed by atoms with van der Waals surface area (Å²) in [4.78, 5) is 10.7. The van der Waals surface area contributed by atoms with Crippen molar-refractivity contribution in [2.24, 2.45) is 5.92 Å². The third-order valence-corrected chi connectivity index (χ3v) is 2.63. The van der Waals surface area contributed by atoms with E-state index in [-0.39, 0.29) is 5.97 Å². The molecule has 0 spiro atoms. The van der Waals surface area contributed by atoms with Gasteiger partial charge in [-0.3, -0.25) is 4.79 Å². The van der Waals surface area contributed by atoms with E-state index < -0.39 is 0 Å². The van der Waals surface area contributed by atoms with Crippen molar-refractivity contribution in [3.05, 3.63) is 7.11 Å². The Morgan fingerprint density at radius 3 is 2.67 bits per heavy atom. The molecule has 12 heavy (non-hydrogen) atoms. The van der Waals surface area contributed by atoms with E-state index in [4.69, 9.17) is 0 Å². The average molecular weight is 169 g/mol. The second-order valence-electron chi connectivity index (χ2n) is 3.56. The van der Waals surface area contributed by atoms with Crippen molar-refractivity contribution in [2.45, 2.75) is 44.9 Å². The highest BCUT2D eigenvalue weighted by Crippen LogP contribution is 2.28. The number of rotatable bonds is 4. The first kappa shape index (κ1) is 9.56.